The van der Waals surface area contributed by atoms with E-state index in [1.165, 1.54) is 25.3 Å². The summed E-state index contributed by atoms with van der Waals surface area (Å²) >= 11 is 0. The van der Waals surface area contributed by atoms with Crippen molar-refractivity contribution >= 4 is 15.9 Å². The summed E-state index contributed by atoms with van der Waals surface area (Å²) in [7, 11) is -3.53. The molecule has 0 radical (unpaired) electrons. The molecule has 1 amide bonds. The fraction of sp³-hybridized carbons (Fsp3) is 0.650. The number of aryl methyl sites for hydroxylation is 1. The Hall–Kier alpha value is -1.44. The van der Waals surface area contributed by atoms with Crippen LogP contribution in [0.15, 0.2) is 23.1 Å². The van der Waals surface area contributed by atoms with Crippen LogP contribution in [0, 0.1) is 6.92 Å². The summed E-state index contributed by atoms with van der Waals surface area (Å²) in [6, 6.07) is 4.88. The van der Waals surface area contributed by atoms with Gasteiger partial charge in [-0.15, -0.1) is 0 Å². The van der Waals surface area contributed by atoms with Crippen LogP contribution in [0.4, 0.5) is 0 Å². The van der Waals surface area contributed by atoms with E-state index < -0.39 is 10.0 Å². The molecule has 0 unspecified atom stereocenters. The summed E-state index contributed by atoms with van der Waals surface area (Å²) in [5.41, 5.74) is 1.25. The van der Waals surface area contributed by atoms with E-state index in [9.17, 15) is 13.2 Å². The molecule has 27 heavy (non-hydrogen) atoms. The van der Waals surface area contributed by atoms with Gasteiger partial charge in [0.2, 0.25) is 10.0 Å². The van der Waals surface area contributed by atoms with Crippen molar-refractivity contribution in [1.29, 1.82) is 0 Å². The number of carbonyl (C=O) groups is 1. The molecule has 0 aromatic heterocycles. The zero-order chi connectivity index (χ0) is 19.3. The molecule has 0 bridgehead atoms. The number of nitrogens with one attached hydrogen (secondary N) is 1. The van der Waals surface area contributed by atoms with Crippen molar-refractivity contribution in [1.82, 2.24) is 14.5 Å². The Balaban J connectivity index is 1.66. The van der Waals surface area contributed by atoms with Crippen LogP contribution in [-0.2, 0) is 10.0 Å². The molecule has 1 N–H and O–H groups in total. The number of carbonyl (C=O) groups excluding carboxylic acids is 1. The van der Waals surface area contributed by atoms with Crippen molar-refractivity contribution in [2.24, 2.45) is 0 Å². The van der Waals surface area contributed by atoms with Gasteiger partial charge in [-0.2, -0.15) is 4.31 Å². The Labute approximate surface area is 163 Å². The van der Waals surface area contributed by atoms with E-state index in [0.717, 1.165) is 44.5 Å². The van der Waals surface area contributed by atoms with E-state index in [4.69, 9.17) is 0 Å². The lowest BCUT2D eigenvalue weighted by atomic mass is 10.1. The van der Waals surface area contributed by atoms with Crippen molar-refractivity contribution in [3.05, 3.63) is 29.3 Å². The fourth-order valence-electron chi connectivity index (χ4n) is 3.87. The van der Waals surface area contributed by atoms with E-state index in [2.05, 4.69) is 10.2 Å². The van der Waals surface area contributed by atoms with Crippen LogP contribution in [0.5, 0.6) is 0 Å². The van der Waals surface area contributed by atoms with Gasteiger partial charge in [-0.05, 0) is 63.4 Å². The topological polar surface area (TPSA) is 69.7 Å². The second kappa shape index (κ2) is 9.17. The number of nitrogens with zero attached hydrogens (tertiary/aromatic N) is 2. The maximum Gasteiger partial charge on any atom is 0.251 e. The molecule has 0 aliphatic carbocycles. The normalized spacial score (nSPS) is 19.7. The van der Waals surface area contributed by atoms with E-state index in [1.807, 2.05) is 6.92 Å². The number of hydrogen-bond acceptors (Lipinski definition) is 4. The Morgan fingerprint density at radius 1 is 1.00 bits per heavy atom. The van der Waals surface area contributed by atoms with Crippen molar-refractivity contribution < 1.29 is 13.2 Å². The molecule has 1 aromatic rings. The lowest BCUT2D eigenvalue weighted by molar-refractivity contribution is 0.0945. The third-order valence-corrected chi connectivity index (χ3v) is 7.46. The minimum absolute atomic E-state index is 0.194. The molecular weight excluding hydrogens is 362 g/mol. The molecule has 7 heteroatoms. The molecule has 150 valence electrons. The van der Waals surface area contributed by atoms with Gasteiger partial charge in [0.25, 0.3) is 5.91 Å². The number of sulfonamides is 1. The lowest BCUT2D eigenvalue weighted by Gasteiger charge is -2.26. The third kappa shape index (κ3) is 5.09. The molecule has 2 aliphatic heterocycles. The Morgan fingerprint density at radius 2 is 1.63 bits per heavy atom. The number of benzene rings is 1. The van der Waals surface area contributed by atoms with Gasteiger partial charge in [0.05, 0.1) is 4.90 Å². The third-order valence-electron chi connectivity index (χ3n) is 5.57. The van der Waals surface area contributed by atoms with Crippen molar-refractivity contribution in [2.75, 3.05) is 39.3 Å². The van der Waals surface area contributed by atoms with E-state index in [0.29, 0.717) is 25.2 Å². The van der Waals surface area contributed by atoms with E-state index in [-0.39, 0.29) is 10.8 Å². The van der Waals surface area contributed by atoms with Crippen LogP contribution in [0.1, 0.15) is 54.4 Å². The molecule has 2 fully saturated rings. The first-order valence-corrected chi connectivity index (χ1v) is 11.5. The first-order valence-electron chi connectivity index (χ1n) is 10.1. The minimum atomic E-state index is -3.53. The van der Waals surface area contributed by atoms with Crippen LogP contribution >= 0.6 is 0 Å². The zero-order valence-corrected chi connectivity index (χ0v) is 17.1. The summed E-state index contributed by atoms with van der Waals surface area (Å²) in [6.07, 6.45) is 6.61. The van der Waals surface area contributed by atoms with Crippen molar-refractivity contribution in [3.8, 4) is 0 Å². The lowest BCUT2D eigenvalue weighted by Crippen LogP contribution is -2.38. The smallest absolute Gasteiger partial charge is 0.251 e. The molecule has 2 aliphatic rings. The summed E-state index contributed by atoms with van der Waals surface area (Å²) in [5, 5.41) is 2.96. The standard InChI is InChI=1S/C20H31N3O3S/c1-17-8-9-18(27(25,26)23-13-6-3-7-14-23)16-19(17)20(24)21-10-15-22-11-4-2-5-12-22/h8-9,16H,2-7,10-15H2,1H3,(H,21,24). The fourth-order valence-corrected chi connectivity index (χ4v) is 5.41. The Bertz CT molecular complexity index is 752. The van der Waals surface area contributed by atoms with Crippen LogP contribution < -0.4 is 5.32 Å². The molecule has 3 rings (SSSR count). The number of rotatable bonds is 6. The maximum absolute atomic E-state index is 12.9. The Morgan fingerprint density at radius 3 is 2.30 bits per heavy atom. The van der Waals surface area contributed by atoms with E-state index >= 15 is 0 Å². The Kier molecular flexibility index (Phi) is 6.89. The SMILES string of the molecule is Cc1ccc(S(=O)(=O)N2CCCCC2)cc1C(=O)NCCN1CCCCC1. The molecule has 0 saturated carbocycles. The molecular formula is C20H31N3O3S. The van der Waals surface area contributed by atoms with Gasteiger partial charge in [-0.3, -0.25) is 4.79 Å². The quantitative estimate of drug-likeness (QED) is 0.806. The van der Waals surface area contributed by atoms with Crippen LogP contribution in [0.25, 0.3) is 0 Å². The summed E-state index contributed by atoms with van der Waals surface area (Å²) in [5.74, 6) is -0.194. The van der Waals surface area contributed by atoms with Gasteiger partial charge in [0, 0.05) is 31.7 Å². The van der Waals surface area contributed by atoms with Crippen LogP contribution in [-0.4, -0.2) is 62.8 Å². The summed E-state index contributed by atoms with van der Waals surface area (Å²) in [6.45, 7) is 6.59. The number of hydrogen-bond donors (Lipinski definition) is 1. The second-order valence-corrected chi connectivity index (χ2v) is 9.54. The molecule has 6 nitrogen and oxygen atoms in total. The highest BCUT2D eigenvalue weighted by atomic mass is 32.2. The molecule has 0 atom stereocenters. The first kappa shape index (κ1) is 20.3. The largest absolute Gasteiger partial charge is 0.351 e. The van der Waals surface area contributed by atoms with Gasteiger partial charge in [0.1, 0.15) is 0 Å². The summed E-state index contributed by atoms with van der Waals surface area (Å²) in [4.78, 5) is 15.2. The highest BCUT2D eigenvalue weighted by Gasteiger charge is 2.27. The number of likely N-dealkylation sites (tertiary alicyclic amines) is 1. The minimum Gasteiger partial charge on any atom is -0.351 e. The van der Waals surface area contributed by atoms with Crippen LogP contribution in [0.2, 0.25) is 0 Å². The van der Waals surface area contributed by atoms with Crippen molar-refractivity contribution in [2.45, 2.75) is 50.3 Å². The predicted octanol–water partition coefficient (Wildman–Crippen LogP) is 2.39. The number of amides is 1. The molecule has 1 aromatic carbocycles. The average Bonchev–Trinajstić information content (AvgIpc) is 2.69. The van der Waals surface area contributed by atoms with Gasteiger partial charge < -0.3 is 10.2 Å². The maximum atomic E-state index is 12.9. The zero-order valence-electron chi connectivity index (χ0n) is 16.2. The van der Waals surface area contributed by atoms with Gasteiger partial charge in [0.15, 0.2) is 0 Å². The monoisotopic (exact) mass is 393 g/mol. The van der Waals surface area contributed by atoms with Gasteiger partial charge in [-0.25, -0.2) is 8.42 Å². The van der Waals surface area contributed by atoms with Crippen LogP contribution in [0.3, 0.4) is 0 Å². The molecule has 0 spiro atoms. The predicted molar refractivity (Wildman–Crippen MR) is 106 cm³/mol. The number of piperidine rings is 2. The highest BCUT2D eigenvalue weighted by Crippen LogP contribution is 2.22. The van der Waals surface area contributed by atoms with Gasteiger partial charge >= 0.3 is 0 Å². The molecule has 2 saturated heterocycles. The first-order chi connectivity index (χ1) is 13.0. The van der Waals surface area contributed by atoms with E-state index in [1.54, 1.807) is 16.4 Å². The average molecular weight is 394 g/mol. The highest BCUT2D eigenvalue weighted by molar-refractivity contribution is 7.89. The second-order valence-electron chi connectivity index (χ2n) is 7.60. The van der Waals surface area contributed by atoms with Gasteiger partial charge in [-0.1, -0.05) is 18.9 Å². The molecule has 2 heterocycles. The van der Waals surface area contributed by atoms with Crippen molar-refractivity contribution in [3.63, 3.8) is 0 Å². The summed E-state index contributed by atoms with van der Waals surface area (Å²) < 4.78 is 27.3.